The molecule has 2 fully saturated rings. The van der Waals surface area contributed by atoms with E-state index in [1.165, 1.54) is 0 Å². The Balaban J connectivity index is 1.66. The standard InChI is InChI=1S/C18H24N2O3/c1-14-8-11-23-12-10-20(14)18(22)16-6-4-15(5-7-16)13-19-9-2-3-17(19)21/h4-7,14H,2-3,8-13H2,1H3. The topological polar surface area (TPSA) is 49.9 Å². The monoisotopic (exact) mass is 316 g/mol. The van der Waals surface area contributed by atoms with E-state index >= 15 is 0 Å². The van der Waals surface area contributed by atoms with Crippen molar-refractivity contribution in [2.24, 2.45) is 0 Å². The Kier molecular flexibility index (Phi) is 4.96. The van der Waals surface area contributed by atoms with E-state index in [-0.39, 0.29) is 17.9 Å². The highest BCUT2D eigenvalue weighted by atomic mass is 16.5. The molecule has 0 radical (unpaired) electrons. The molecule has 2 amide bonds. The molecule has 2 saturated heterocycles. The lowest BCUT2D eigenvalue weighted by Gasteiger charge is -2.26. The van der Waals surface area contributed by atoms with Gasteiger partial charge < -0.3 is 14.5 Å². The van der Waals surface area contributed by atoms with Gasteiger partial charge in [-0.15, -0.1) is 0 Å². The van der Waals surface area contributed by atoms with Crippen LogP contribution >= 0.6 is 0 Å². The Morgan fingerprint density at radius 1 is 1.22 bits per heavy atom. The molecular formula is C18H24N2O3. The van der Waals surface area contributed by atoms with Crippen molar-refractivity contribution in [3.63, 3.8) is 0 Å². The Hall–Kier alpha value is -1.88. The first-order chi connectivity index (χ1) is 11.1. The zero-order chi connectivity index (χ0) is 16.2. The van der Waals surface area contributed by atoms with Crippen LogP contribution in [0.15, 0.2) is 24.3 Å². The number of hydrogen-bond donors (Lipinski definition) is 0. The average molecular weight is 316 g/mol. The Bertz CT molecular complexity index is 570. The van der Waals surface area contributed by atoms with E-state index < -0.39 is 0 Å². The molecule has 2 aliphatic heterocycles. The molecule has 0 N–H and O–H groups in total. The first kappa shape index (κ1) is 16.0. The minimum Gasteiger partial charge on any atom is -0.380 e. The zero-order valence-corrected chi connectivity index (χ0v) is 13.7. The van der Waals surface area contributed by atoms with Gasteiger partial charge in [-0.3, -0.25) is 9.59 Å². The Labute approximate surface area is 137 Å². The van der Waals surface area contributed by atoms with Crippen LogP contribution in [0.4, 0.5) is 0 Å². The second-order valence-electron chi connectivity index (χ2n) is 6.36. The lowest BCUT2D eigenvalue weighted by molar-refractivity contribution is -0.128. The summed E-state index contributed by atoms with van der Waals surface area (Å²) in [7, 11) is 0. The van der Waals surface area contributed by atoms with Crippen LogP contribution in [0.3, 0.4) is 0 Å². The van der Waals surface area contributed by atoms with Crippen molar-refractivity contribution < 1.29 is 14.3 Å². The van der Waals surface area contributed by atoms with Crippen LogP contribution in [0, 0.1) is 0 Å². The molecule has 0 spiro atoms. The molecule has 1 aromatic carbocycles. The fraction of sp³-hybridized carbons (Fsp3) is 0.556. The van der Waals surface area contributed by atoms with E-state index in [0.717, 1.165) is 24.9 Å². The van der Waals surface area contributed by atoms with Gasteiger partial charge in [0.25, 0.3) is 5.91 Å². The normalized spacial score (nSPS) is 22.3. The molecule has 1 unspecified atom stereocenters. The van der Waals surface area contributed by atoms with Gasteiger partial charge in [0.2, 0.25) is 5.91 Å². The summed E-state index contributed by atoms with van der Waals surface area (Å²) in [6.45, 7) is 5.51. The molecule has 0 aromatic heterocycles. The number of benzene rings is 1. The average Bonchev–Trinajstić information content (AvgIpc) is 2.83. The van der Waals surface area contributed by atoms with E-state index in [2.05, 4.69) is 6.92 Å². The molecule has 2 aliphatic rings. The highest BCUT2D eigenvalue weighted by Crippen LogP contribution is 2.17. The van der Waals surface area contributed by atoms with E-state index in [1.54, 1.807) is 0 Å². The van der Waals surface area contributed by atoms with E-state index in [4.69, 9.17) is 4.74 Å². The molecule has 5 heteroatoms. The van der Waals surface area contributed by atoms with Crippen molar-refractivity contribution in [2.75, 3.05) is 26.3 Å². The first-order valence-electron chi connectivity index (χ1n) is 8.40. The van der Waals surface area contributed by atoms with Crippen molar-refractivity contribution in [3.8, 4) is 0 Å². The fourth-order valence-electron chi connectivity index (χ4n) is 3.21. The lowest BCUT2D eigenvalue weighted by atomic mass is 10.1. The molecule has 0 aliphatic carbocycles. The minimum atomic E-state index is 0.0619. The summed E-state index contributed by atoms with van der Waals surface area (Å²) in [5, 5.41) is 0. The quantitative estimate of drug-likeness (QED) is 0.857. The van der Waals surface area contributed by atoms with Crippen molar-refractivity contribution in [3.05, 3.63) is 35.4 Å². The van der Waals surface area contributed by atoms with Gasteiger partial charge in [0, 0.05) is 44.3 Å². The summed E-state index contributed by atoms with van der Waals surface area (Å²) in [6, 6.07) is 7.86. The van der Waals surface area contributed by atoms with Crippen molar-refractivity contribution >= 4 is 11.8 Å². The second kappa shape index (κ2) is 7.13. The lowest BCUT2D eigenvalue weighted by Crippen LogP contribution is -2.39. The van der Waals surface area contributed by atoms with Gasteiger partial charge in [-0.1, -0.05) is 12.1 Å². The Morgan fingerprint density at radius 2 is 2.00 bits per heavy atom. The summed E-state index contributed by atoms with van der Waals surface area (Å²) in [6.07, 6.45) is 2.48. The minimum absolute atomic E-state index is 0.0619. The smallest absolute Gasteiger partial charge is 0.254 e. The summed E-state index contributed by atoms with van der Waals surface area (Å²) in [5.74, 6) is 0.287. The van der Waals surface area contributed by atoms with Gasteiger partial charge >= 0.3 is 0 Å². The number of likely N-dealkylation sites (tertiary alicyclic amines) is 1. The molecule has 1 atom stereocenters. The molecule has 2 heterocycles. The summed E-state index contributed by atoms with van der Waals surface area (Å²) in [4.78, 5) is 28.1. The van der Waals surface area contributed by atoms with E-state index in [9.17, 15) is 9.59 Å². The summed E-state index contributed by atoms with van der Waals surface area (Å²) < 4.78 is 5.45. The number of amides is 2. The Morgan fingerprint density at radius 3 is 2.70 bits per heavy atom. The van der Waals surface area contributed by atoms with Crippen LogP contribution in [0.5, 0.6) is 0 Å². The van der Waals surface area contributed by atoms with Crippen molar-refractivity contribution in [1.82, 2.24) is 9.80 Å². The van der Waals surface area contributed by atoms with Gasteiger partial charge in [0.1, 0.15) is 0 Å². The maximum absolute atomic E-state index is 12.7. The molecule has 1 aromatic rings. The van der Waals surface area contributed by atoms with Crippen LogP contribution in [0.25, 0.3) is 0 Å². The zero-order valence-electron chi connectivity index (χ0n) is 13.7. The van der Waals surface area contributed by atoms with Gasteiger partial charge in [0.15, 0.2) is 0 Å². The number of ether oxygens (including phenoxy) is 1. The van der Waals surface area contributed by atoms with Crippen molar-refractivity contribution in [1.29, 1.82) is 0 Å². The predicted octanol–water partition coefficient (Wildman–Crippen LogP) is 2.06. The molecule has 124 valence electrons. The molecule has 0 bridgehead atoms. The van der Waals surface area contributed by atoms with Crippen LogP contribution in [0.1, 0.15) is 42.1 Å². The maximum Gasteiger partial charge on any atom is 0.254 e. The molecule has 3 rings (SSSR count). The number of hydrogen-bond acceptors (Lipinski definition) is 3. The van der Waals surface area contributed by atoms with Crippen LogP contribution in [-0.2, 0) is 16.1 Å². The summed E-state index contributed by atoms with van der Waals surface area (Å²) >= 11 is 0. The largest absolute Gasteiger partial charge is 0.380 e. The summed E-state index contributed by atoms with van der Waals surface area (Å²) in [5.41, 5.74) is 1.78. The fourth-order valence-corrected chi connectivity index (χ4v) is 3.21. The van der Waals surface area contributed by atoms with Crippen LogP contribution < -0.4 is 0 Å². The highest BCUT2D eigenvalue weighted by Gasteiger charge is 2.24. The van der Waals surface area contributed by atoms with Gasteiger partial charge in [0.05, 0.1) is 6.61 Å². The van der Waals surface area contributed by atoms with Gasteiger partial charge in [-0.25, -0.2) is 0 Å². The molecule has 5 nitrogen and oxygen atoms in total. The SMILES string of the molecule is CC1CCOCCN1C(=O)c1ccc(CN2CCCC2=O)cc1. The van der Waals surface area contributed by atoms with Gasteiger partial charge in [-0.05, 0) is 37.5 Å². The maximum atomic E-state index is 12.7. The third-order valence-corrected chi connectivity index (χ3v) is 4.70. The van der Waals surface area contributed by atoms with Crippen LogP contribution in [0.2, 0.25) is 0 Å². The first-order valence-corrected chi connectivity index (χ1v) is 8.40. The number of carbonyl (C=O) groups is 2. The van der Waals surface area contributed by atoms with Crippen LogP contribution in [-0.4, -0.2) is 54.0 Å². The third-order valence-electron chi connectivity index (χ3n) is 4.70. The second-order valence-corrected chi connectivity index (χ2v) is 6.36. The molecule has 23 heavy (non-hydrogen) atoms. The number of nitrogens with zero attached hydrogens (tertiary/aromatic N) is 2. The van der Waals surface area contributed by atoms with Crippen molar-refractivity contribution in [2.45, 2.75) is 38.8 Å². The molecule has 0 saturated carbocycles. The number of rotatable bonds is 3. The van der Waals surface area contributed by atoms with Gasteiger partial charge in [-0.2, -0.15) is 0 Å². The van der Waals surface area contributed by atoms with E-state index in [0.29, 0.717) is 38.3 Å². The predicted molar refractivity (Wildman–Crippen MR) is 87.0 cm³/mol. The molecular weight excluding hydrogens is 292 g/mol. The number of carbonyl (C=O) groups excluding carboxylic acids is 2. The third kappa shape index (κ3) is 3.72. The van der Waals surface area contributed by atoms with E-state index in [1.807, 2.05) is 34.1 Å². The highest BCUT2D eigenvalue weighted by molar-refractivity contribution is 5.94.